The maximum Gasteiger partial charge on any atom is 0.324 e. The average molecular weight is 323 g/mol. The van der Waals surface area contributed by atoms with Gasteiger partial charge >= 0.3 is 6.03 Å². The highest BCUT2D eigenvalue weighted by Crippen LogP contribution is 2.20. The number of carbonyl (C=O) groups is 1. The fourth-order valence-corrected chi connectivity index (χ4v) is 2.23. The minimum absolute atomic E-state index is 0.159. The minimum Gasteiger partial charge on any atom is -0.508 e. The first-order chi connectivity index (χ1) is 11.6. The molecule has 0 unspecified atom stereocenters. The van der Waals surface area contributed by atoms with E-state index in [-0.39, 0.29) is 5.75 Å². The van der Waals surface area contributed by atoms with Gasteiger partial charge in [-0.2, -0.15) is 5.10 Å². The van der Waals surface area contributed by atoms with Gasteiger partial charge in [0, 0.05) is 24.1 Å². The van der Waals surface area contributed by atoms with Crippen LogP contribution in [0.5, 0.6) is 5.75 Å². The molecule has 3 N–H and O–H groups in total. The molecule has 0 saturated carbocycles. The van der Waals surface area contributed by atoms with Crippen LogP contribution in [0.1, 0.15) is 11.3 Å². The Balaban J connectivity index is 1.61. The molecule has 0 fully saturated rings. The molecule has 0 atom stereocenters. The van der Waals surface area contributed by atoms with Crippen molar-refractivity contribution in [3.05, 3.63) is 66.1 Å². The van der Waals surface area contributed by atoms with Crippen molar-refractivity contribution in [2.75, 3.05) is 10.6 Å². The van der Waals surface area contributed by atoms with Crippen LogP contribution in [0.4, 0.5) is 16.3 Å². The first kappa shape index (κ1) is 15.5. The zero-order valence-electron chi connectivity index (χ0n) is 13.1. The molecule has 0 saturated heterocycles. The minimum atomic E-state index is -0.396. The number of urea groups is 1. The number of aromatic nitrogens is 3. The molecule has 1 aromatic carbocycles. The van der Waals surface area contributed by atoms with Gasteiger partial charge in [-0.1, -0.05) is 6.07 Å². The van der Waals surface area contributed by atoms with Gasteiger partial charge in [0.25, 0.3) is 0 Å². The lowest BCUT2D eigenvalue weighted by Gasteiger charge is -2.08. The number of hydrogen-bond donors (Lipinski definition) is 3. The van der Waals surface area contributed by atoms with E-state index in [1.165, 1.54) is 6.07 Å². The Labute approximate surface area is 139 Å². The number of rotatable bonds is 4. The monoisotopic (exact) mass is 323 g/mol. The normalized spacial score (nSPS) is 10.4. The third-order valence-corrected chi connectivity index (χ3v) is 3.39. The summed E-state index contributed by atoms with van der Waals surface area (Å²) in [5.41, 5.74) is 2.28. The topological polar surface area (TPSA) is 92.1 Å². The van der Waals surface area contributed by atoms with Gasteiger partial charge in [0.05, 0.1) is 12.2 Å². The predicted octanol–water partition coefficient (Wildman–Crippen LogP) is 2.98. The summed E-state index contributed by atoms with van der Waals surface area (Å²) in [7, 11) is 0. The molecule has 3 rings (SSSR count). The molecule has 0 aliphatic heterocycles. The van der Waals surface area contributed by atoms with Crippen LogP contribution in [0.2, 0.25) is 0 Å². The number of phenols is 1. The first-order valence-corrected chi connectivity index (χ1v) is 7.41. The van der Waals surface area contributed by atoms with Crippen molar-refractivity contribution in [1.29, 1.82) is 0 Å². The second kappa shape index (κ2) is 6.82. The van der Waals surface area contributed by atoms with E-state index in [1.807, 2.05) is 18.2 Å². The molecule has 2 heterocycles. The Morgan fingerprint density at radius 3 is 2.83 bits per heavy atom. The molecule has 24 heavy (non-hydrogen) atoms. The summed E-state index contributed by atoms with van der Waals surface area (Å²) in [4.78, 5) is 16.3. The Morgan fingerprint density at radius 1 is 1.21 bits per heavy atom. The fourth-order valence-electron chi connectivity index (χ4n) is 2.23. The smallest absolute Gasteiger partial charge is 0.324 e. The van der Waals surface area contributed by atoms with Gasteiger partial charge in [-0.25, -0.2) is 4.79 Å². The molecule has 0 aliphatic carbocycles. The second-order valence-electron chi connectivity index (χ2n) is 5.30. The third-order valence-electron chi connectivity index (χ3n) is 3.39. The third kappa shape index (κ3) is 3.89. The number of anilines is 2. The number of carbonyl (C=O) groups excluding carboxylic acids is 1. The highest BCUT2D eigenvalue weighted by Gasteiger charge is 2.08. The van der Waals surface area contributed by atoms with E-state index in [4.69, 9.17) is 0 Å². The summed E-state index contributed by atoms with van der Waals surface area (Å²) in [6, 6.07) is 11.7. The first-order valence-electron chi connectivity index (χ1n) is 7.41. The lowest BCUT2D eigenvalue weighted by atomic mass is 10.2. The molecule has 0 aliphatic rings. The maximum absolute atomic E-state index is 12.0. The molecule has 0 bridgehead atoms. The average Bonchev–Trinajstić information content (AvgIpc) is 2.98. The van der Waals surface area contributed by atoms with Crippen LogP contribution in [0.25, 0.3) is 0 Å². The van der Waals surface area contributed by atoms with E-state index < -0.39 is 6.03 Å². The lowest BCUT2D eigenvalue weighted by Crippen LogP contribution is -2.20. The van der Waals surface area contributed by atoms with E-state index in [1.54, 1.807) is 42.2 Å². The second-order valence-corrected chi connectivity index (χ2v) is 5.30. The number of aromatic hydroxyl groups is 1. The van der Waals surface area contributed by atoms with E-state index >= 15 is 0 Å². The van der Waals surface area contributed by atoms with Crippen molar-refractivity contribution >= 4 is 17.5 Å². The molecule has 7 heteroatoms. The Kier molecular flexibility index (Phi) is 4.42. The van der Waals surface area contributed by atoms with Crippen molar-refractivity contribution in [3.8, 4) is 5.75 Å². The van der Waals surface area contributed by atoms with Crippen molar-refractivity contribution in [3.63, 3.8) is 0 Å². The van der Waals surface area contributed by atoms with Gasteiger partial charge in [0.1, 0.15) is 5.75 Å². The summed E-state index contributed by atoms with van der Waals surface area (Å²) in [6.07, 6.45) is 3.50. The van der Waals surface area contributed by atoms with Crippen LogP contribution in [0, 0.1) is 6.92 Å². The largest absolute Gasteiger partial charge is 0.508 e. The number of amides is 2. The maximum atomic E-state index is 12.0. The Hall–Kier alpha value is -3.35. The summed E-state index contributed by atoms with van der Waals surface area (Å²) in [5.74, 6) is 0.603. The standard InChI is InChI=1S/C17H17N5O2/c1-12-10-14(23)5-6-15(12)19-17(24)20-16-7-9-22(21-16)11-13-4-2-3-8-18-13/h2-10,23H,11H2,1H3,(H2,19,20,21,24). The van der Waals surface area contributed by atoms with Gasteiger partial charge < -0.3 is 10.4 Å². The number of benzene rings is 1. The van der Waals surface area contributed by atoms with Crippen LogP contribution in [-0.2, 0) is 6.54 Å². The number of pyridine rings is 1. The predicted molar refractivity (Wildman–Crippen MR) is 91.1 cm³/mol. The van der Waals surface area contributed by atoms with Gasteiger partial charge in [-0.15, -0.1) is 0 Å². The molecule has 3 aromatic rings. The Morgan fingerprint density at radius 2 is 2.08 bits per heavy atom. The number of hydrogen-bond acceptors (Lipinski definition) is 4. The summed E-state index contributed by atoms with van der Waals surface area (Å²) >= 11 is 0. The van der Waals surface area contributed by atoms with Crippen LogP contribution in [0.15, 0.2) is 54.9 Å². The van der Waals surface area contributed by atoms with Crippen molar-refractivity contribution in [1.82, 2.24) is 14.8 Å². The fraction of sp³-hybridized carbons (Fsp3) is 0.118. The van der Waals surface area contributed by atoms with Crippen LogP contribution < -0.4 is 10.6 Å². The van der Waals surface area contributed by atoms with Crippen LogP contribution >= 0.6 is 0 Å². The summed E-state index contributed by atoms with van der Waals surface area (Å²) in [5, 5.41) is 19.1. The number of aryl methyl sites for hydroxylation is 1. The van der Waals surface area contributed by atoms with Gasteiger partial charge in [0.2, 0.25) is 0 Å². The summed E-state index contributed by atoms with van der Waals surface area (Å²) < 4.78 is 1.70. The molecular weight excluding hydrogens is 306 g/mol. The van der Waals surface area contributed by atoms with Crippen LogP contribution in [0.3, 0.4) is 0 Å². The Bertz CT molecular complexity index is 845. The quantitative estimate of drug-likeness (QED) is 0.644. The molecule has 122 valence electrons. The highest BCUT2D eigenvalue weighted by atomic mass is 16.3. The molecule has 0 spiro atoms. The van der Waals surface area contributed by atoms with E-state index in [0.717, 1.165) is 11.3 Å². The molecule has 7 nitrogen and oxygen atoms in total. The van der Waals surface area contributed by atoms with Gasteiger partial charge in [0.15, 0.2) is 5.82 Å². The van der Waals surface area contributed by atoms with E-state index in [0.29, 0.717) is 18.1 Å². The summed E-state index contributed by atoms with van der Waals surface area (Å²) in [6.45, 7) is 2.33. The lowest BCUT2D eigenvalue weighted by molar-refractivity contribution is 0.262. The molecule has 2 aromatic heterocycles. The van der Waals surface area contributed by atoms with Crippen molar-refractivity contribution in [2.45, 2.75) is 13.5 Å². The molecule has 2 amide bonds. The van der Waals surface area contributed by atoms with E-state index in [2.05, 4.69) is 20.7 Å². The molecule has 0 radical (unpaired) electrons. The SMILES string of the molecule is Cc1cc(O)ccc1NC(=O)Nc1ccn(Cc2ccccn2)n1. The van der Waals surface area contributed by atoms with Crippen molar-refractivity contribution < 1.29 is 9.90 Å². The zero-order valence-corrected chi connectivity index (χ0v) is 13.1. The number of nitrogens with zero attached hydrogens (tertiary/aromatic N) is 3. The highest BCUT2D eigenvalue weighted by molar-refractivity contribution is 5.99. The number of nitrogens with one attached hydrogen (secondary N) is 2. The molecular formula is C17H17N5O2. The van der Waals surface area contributed by atoms with Gasteiger partial charge in [-0.3, -0.25) is 15.0 Å². The zero-order chi connectivity index (χ0) is 16.9. The van der Waals surface area contributed by atoms with Crippen LogP contribution in [-0.4, -0.2) is 25.9 Å². The number of phenolic OH excluding ortho intramolecular Hbond substituents is 1. The van der Waals surface area contributed by atoms with E-state index in [9.17, 15) is 9.90 Å². The van der Waals surface area contributed by atoms with Crippen molar-refractivity contribution in [2.24, 2.45) is 0 Å². The van der Waals surface area contributed by atoms with Gasteiger partial charge in [-0.05, 0) is 42.8 Å².